The van der Waals surface area contributed by atoms with Gasteiger partial charge in [-0.2, -0.15) is 0 Å². The molecular weight excluding hydrogens is 222 g/mol. The molecule has 0 aliphatic heterocycles. The van der Waals surface area contributed by atoms with Crippen LogP contribution in [0.5, 0.6) is 0 Å². The predicted octanol–water partition coefficient (Wildman–Crippen LogP) is 3.75. The molecule has 2 N–H and O–H groups in total. The average molecular weight is 249 g/mol. The van der Waals surface area contributed by atoms with Crippen LogP contribution in [0.3, 0.4) is 0 Å². The molecule has 0 fully saturated rings. The van der Waals surface area contributed by atoms with Crippen molar-refractivity contribution in [1.82, 2.24) is 0 Å². The van der Waals surface area contributed by atoms with Crippen molar-refractivity contribution in [3.8, 4) is 0 Å². The van der Waals surface area contributed by atoms with E-state index in [2.05, 4.69) is 52.8 Å². The lowest BCUT2D eigenvalue weighted by atomic mass is 10.0. The highest BCUT2D eigenvalue weighted by Gasteiger charge is 2.12. The van der Waals surface area contributed by atoms with Gasteiger partial charge in [-0.25, -0.2) is 0 Å². The number of aryl methyl sites for hydroxylation is 2. The molecule has 102 valence electrons. The third-order valence-electron chi connectivity index (χ3n) is 3.19. The zero-order valence-corrected chi connectivity index (χ0v) is 12.4. The third-order valence-corrected chi connectivity index (χ3v) is 3.19. The maximum Gasteiger partial charge on any atom is 0.0663 e. The van der Waals surface area contributed by atoms with Gasteiger partial charge in [0.2, 0.25) is 0 Å². The molecule has 0 saturated heterocycles. The first-order chi connectivity index (χ1) is 8.40. The second-order valence-corrected chi connectivity index (χ2v) is 5.74. The lowest BCUT2D eigenvalue weighted by Gasteiger charge is -2.20. The van der Waals surface area contributed by atoms with Crippen molar-refractivity contribution in [1.29, 1.82) is 0 Å². The minimum Gasteiger partial charge on any atom is -0.377 e. The number of benzene rings is 1. The van der Waals surface area contributed by atoms with Gasteiger partial charge < -0.3 is 10.5 Å². The molecule has 0 aliphatic carbocycles. The monoisotopic (exact) mass is 249 g/mol. The fourth-order valence-corrected chi connectivity index (χ4v) is 2.33. The van der Waals surface area contributed by atoms with E-state index in [4.69, 9.17) is 10.5 Å². The first kappa shape index (κ1) is 15.2. The Morgan fingerprint density at radius 1 is 1.17 bits per heavy atom. The van der Waals surface area contributed by atoms with E-state index in [-0.39, 0.29) is 12.1 Å². The van der Waals surface area contributed by atoms with Crippen molar-refractivity contribution in [3.63, 3.8) is 0 Å². The smallest absolute Gasteiger partial charge is 0.0663 e. The lowest BCUT2D eigenvalue weighted by molar-refractivity contribution is 0.0429. The largest absolute Gasteiger partial charge is 0.377 e. The minimum atomic E-state index is -0.0276. The van der Waals surface area contributed by atoms with E-state index in [0.717, 1.165) is 6.42 Å². The molecule has 2 atom stereocenters. The molecule has 0 amide bonds. The molecule has 0 heterocycles. The summed E-state index contributed by atoms with van der Waals surface area (Å²) >= 11 is 0. The van der Waals surface area contributed by atoms with Gasteiger partial charge in [0.05, 0.1) is 18.8 Å². The van der Waals surface area contributed by atoms with Crippen LogP contribution in [0, 0.1) is 19.8 Å². The summed E-state index contributed by atoms with van der Waals surface area (Å²) in [6, 6.07) is 6.37. The molecule has 2 heteroatoms. The Hall–Kier alpha value is -0.860. The quantitative estimate of drug-likeness (QED) is 0.833. The van der Waals surface area contributed by atoms with E-state index in [0.29, 0.717) is 12.5 Å². The van der Waals surface area contributed by atoms with Gasteiger partial charge in [0.1, 0.15) is 0 Å². The Morgan fingerprint density at radius 2 is 1.83 bits per heavy atom. The van der Waals surface area contributed by atoms with E-state index in [1.165, 1.54) is 16.7 Å². The summed E-state index contributed by atoms with van der Waals surface area (Å²) in [5.74, 6) is 0.664. The fourth-order valence-electron chi connectivity index (χ4n) is 2.33. The van der Waals surface area contributed by atoms with Crippen molar-refractivity contribution >= 4 is 0 Å². The Kier molecular flexibility index (Phi) is 5.83. The Morgan fingerprint density at radius 3 is 2.39 bits per heavy atom. The van der Waals surface area contributed by atoms with E-state index in [1.807, 2.05) is 0 Å². The summed E-state index contributed by atoms with van der Waals surface area (Å²) in [7, 11) is 0. The highest BCUT2D eigenvalue weighted by molar-refractivity contribution is 5.32. The van der Waals surface area contributed by atoms with Crippen LogP contribution in [-0.4, -0.2) is 12.7 Å². The Labute approximate surface area is 112 Å². The van der Waals surface area contributed by atoms with Crippen LogP contribution in [0.1, 0.15) is 49.9 Å². The van der Waals surface area contributed by atoms with Crippen molar-refractivity contribution in [2.75, 3.05) is 6.61 Å². The van der Waals surface area contributed by atoms with Crippen molar-refractivity contribution in [2.24, 2.45) is 11.7 Å². The molecule has 0 aliphatic rings. The fraction of sp³-hybridized carbons (Fsp3) is 0.625. The van der Waals surface area contributed by atoms with Crippen LogP contribution in [-0.2, 0) is 4.74 Å². The molecule has 1 rings (SSSR count). The van der Waals surface area contributed by atoms with Gasteiger partial charge in [0.15, 0.2) is 0 Å². The van der Waals surface area contributed by atoms with Crippen LogP contribution in [0.25, 0.3) is 0 Å². The molecule has 2 nitrogen and oxygen atoms in total. The van der Waals surface area contributed by atoms with E-state index < -0.39 is 0 Å². The Bertz CT molecular complexity index is 373. The zero-order chi connectivity index (χ0) is 13.7. The number of ether oxygens (including phenoxy) is 1. The summed E-state index contributed by atoms with van der Waals surface area (Å²) in [5.41, 5.74) is 9.92. The summed E-state index contributed by atoms with van der Waals surface area (Å²) in [6.07, 6.45) is 1.36. The third kappa shape index (κ3) is 4.79. The van der Waals surface area contributed by atoms with Crippen LogP contribution in [0.15, 0.2) is 18.2 Å². The van der Waals surface area contributed by atoms with E-state index in [9.17, 15) is 0 Å². The van der Waals surface area contributed by atoms with E-state index in [1.54, 1.807) is 0 Å². The zero-order valence-electron chi connectivity index (χ0n) is 12.4. The molecule has 0 bridgehead atoms. The highest BCUT2D eigenvalue weighted by atomic mass is 16.5. The highest BCUT2D eigenvalue weighted by Crippen LogP contribution is 2.18. The second kappa shape index (κ2) is 6.91. The van der Waals surface area contributed by atoms with Crippen LogP contribution in [0.4, 0.5) is 0 Å². The standard InChI is InChI=1S/C16H27NO/c1-11(2)8-14(5)18-10-16(17)15-7-6-12(3)9-13(15)4/h6-7,9,11,14,16H,8,10,17H2,1-5H3. The topological polar surface area (TPSA) is 35.2 Å². The van der Waals surface area contributed by atoms with Crippen LogP contribution in [0.2, 0.25) is 0 Å². The van der Waals surface area contributed by atoms with Crippen LogP contribution < -0.4 is 5.73 Å². The molecule has 1 aromatic carbocycles. The molecule has 0 saturated carbocycles. The van der Waals surface area contributed by atoms with Crippen molar-refractivity contribution in [3.05, 3.63) is 34.9 Å². The maximum absolute atomic E-state index is 6.20. The normalized spacial score (nSPS) is 14.8. The SMILES string of the molecule is Cc1ccc(C(N)COC(C)CC(C)C)c(C)c1. The number of hydrogen-bond acceptors (Lipinski definition) is 2. The summed E-state index contributed by atoms with van der Waals surface area (Å²) < 4.78 is 5.83. The molecule has 0 aromatic heterocycles. The summed E-state index contributed by atoms with van der Waals surface area (Å²) in [4.78, 5) is 0. The molecule has 1 aromatic rings. The van der Waals surface area contributed by atoms with Crippen molar-refractivity contribution < 1.29 is 4.74 Å². The molecular formula is C16H27NO. The maximum atomic E-state index is 6.20. The number of nitrogens with two attached hydrogens (primary N) is 1. The number of rotatable bonds is 6. The van der Waals surface area contributed by atoms with Gasteiger partial charge >= 0.3 is 0 Å². The van der Waals surface area contributed by atoms with Gasteiger partial charge in [-0.15, -0.1) is 0 Å². The van der Waals surface area contributed by atoms with Gasteiger partial charge in [-0.1, -0.05) is 37.6 Å². The van der Waals surface area contributed by atoms with Gasteiger partial charge in [0.25, 0.3) is 0 Å². The first-order valence-corrected chi connectivity index (χ1v) is 6.84. The summed E-state index contributed by atoms with van der Waals surface area (Å²) in [5, 5.41) is 0. The molecule has 0 radical (unpaired) electrons. The molecule has 18 heavy (non-hydrogen) atoms. The summed E-state index contributed by atoms with van der Waals surface area (Å²) in [6.45, 7) is 11.4. The minimum absolute atomic E-state index is 0.0276. The van der Waals surface area contributed by atoms with Crippen LogP contribution >= 0.6 is 0 Å². The Balaban J connectivity index is 2.52. The second-order valence-electron chi connectivity index (χ2n) is 5.74. The van der Waals surface area contributed by atoms with Gasteiger partial charge in [-0.05, 0) is 44.2 Å². The first-order valence-electron chi connectivity index (χ1n) is 6.84. The molecule has 0 spiro atoms. The number of hydrogen-bond donors (Lipinski definition) is 1. The van der Waals surface area contributed by atoms with Crippen molar-refractivity contribution in [2.45, 2.75) is 53.2 Å². The average Bonchev–Trinajstić information content (AvgIpc) is 2.25. The van der Waals surface area contributed by atoms with Gasteiger partial charge in [0, 0.05) is 0 Å². The predicted molar refractivity (Wildman–Crippen MR) is 77.7 cm³/mol. The lowest BCUT2D eigenvalue weighted by Crippen LogP contribution is -2.22. The van der Waals surface area contributed by atoms with Gasteiger partial charge in [-0.3, -0.25) is 0 Å². The molecule has 2 unspecified atom stereocenters. The van der Waals surface area contributed by atoms with E-state index >= 15 is 0 Å².